The molecule has 1 N–H and O–H groups in total. The highest BCUT2D eigenvalue weighted by molar-refractivity contribution is 5.77. The molecular formula is C20H29N3O2. The molecule has 136 valence electrons. The van der Waals surface area contributed by atoms with Crippen molar-refractivity contribution in [3.8, 4) is 11.4 Å². The first-order chi connectivity index (χ1) is 11.7. The Morgan fingerprint density at radius 2 is 1.88 bits per heavy atom. The maximum atomic E-state index is 12.4. The summed E-state index contributed by atoms with van der Waals surface area (Å²) in [4.78, 5) is 16.9. The van der Waals surface area contributed by atoms with Gasteiger partial charge < -0.3 is 9.84 Å². The van der Waals surface area contributed by atoms with Gasteiger partial charge in [0.1, 0.15) is 6.04 Å². The van der Waals surface area contributed by atoms with Crippen molar-refractivity contribution >= 4 is 5.91 Å². The molecule has 0 saturated heterocycles. The fraction of sp³-hybridized carbons (Fsp3) is 0.550. The van der Waals surface area contributed by atoms with Gasteiger partial charge in [-0.2, -0.15) is 4.98 Å². The molecule has 0 aliphatic carbocycles. The molecule has 2 aromatic rings. The third-order valence-electron chi connectivity index (χ3n) is 4.24. The summed E-state index contributed by atoms with van der Waals surface area (Å²) in [5.41, 5.74) is 2.02. The van der Waals surface area contributed by atoms with Crippen molar-refractivity contribution < 1.29 is 9.32 Å². The molecule has 2 atom stereocenters. The zero-order valence-electron chi connectivity index (χ0n) is 16.1. The topological polar surface area (TPSA) is 68.0 Å². The van der Waals surface area contributed by atoms with Crippen molar-refractivity contribution in [3.05, 3.63) is 35.7 Å². The fourth-order valence-electron chi connectivity index (χ4n) is 2.57. The van der Waals surface area contributed by atoms with Crippen molar-refractivity contribution in [1.82, 2.24) is 15.5 Å². The summed E-state index contributed by atoms with van der Waals surface area (Å²) in [6, 6.07) is 7.71. The standard InChI is InChI=1S/C20H29N3O2/c1-7-14(3)17(21-16(24)12-20(4,5)6)19-22-18(23-25-19)15-10-8-13(2)9-11-15/h8-11,14,17H,7,12H2,1-6H3,(H,21,24)/t14-,17-/m0/s1. The maximum absolute atomic E-state index is 12.4. The number of nitrogens with one attached hydrogen (secondary N) is 1. The Hall–Kier alpha value is -2.17. The van der Waals surface area contributed by atoms with Gasteiger partial charge in [-0.15, -0.1) is 0 Å². The van der Waals surface area contributed by atoms with Gasteiger partial charge in [-0.3, -0.25) is 4.79 Å². The van der Waals surface area contributed by atoms with Crippen LogP contribution in [-0.2, 0) is 4.79 Å². The van der Waals surface area contributed by atoms with Crippen LogP contribution in [0.15, 0.2) is 28.8 Å². The minimum Gasteiger partial charge on any atom is -0.344 e. The summed E-state index contributed by atoms with van der Waals surface area (Å²) in [6.45, 7) is 12.4. The molecule has 0 aliphatic rings. The molecule has 1 amide bonds. The van der Waals surface area contributed by atoms with Crippen molar-refractivity contribution in [1.29, 1.82) is 0 Å². The molecule has 2 rings (SSSR count). The highest BCUT2D eigenvalue weighted by Crippen LogP contribution is 2.27. The van der Waals surface area contributed by atoms with Gasteiger partial charge in [-0.25, -0.2) is 0 Å². The predicted molar refractivity (Wildman–Crippen MR) is 98.9 cm³/mol. The summed E-state index contributed by atoms with van der Waals surface area (Å²) in [6.07, 6.45) is 1.36. The minimum absolute atomic E-state index is 0.00730. The molecule has 0 aliphatic heterocycles. The Morgan fingerprint density at radius 1 is 1.24 bits per heavy atom. The van der Waals surface area contributed by atoms with Crippen molar-refractivity contribution in [2.45, 2.75) is 60.4 Å². The number of rotatable bonds is 6. The average Bonchev–Trinajstić information content (AvgIpc) is 3.00. The average molecular weight is 343 g/mol. The van der Waals surface area contributed by atoms with E-state index in [1.165, 1.54) is 5.56 Å². The molecule has 5 heteroatoms. The summed E-state index contributed by atoms with van der Waals surface area (Å²) in [5, 5.41) is 7.18. The van der Waals surface area contributed by atoms with Crippen LogP contribution >= 0.6 is 0 Å². The molecular weight excluding hydrogens is 314 g/mol. The van der Waals surface area contributed by atoms with Gasteiger partial charge in [0.2, 0.25) is 17.6 Å². The van der Waals surface area contributed by atoms with Crippen LogP contribution in [0.3, 0.4) is 0 Å². The lowest BCUT2D eigenvalue weighted by Gasteiger charge is -2.23. The maximum Gasteiger partial charge on any atom is 0.249 e. The largest absolute Gasteiger partial charge is 0.344 e. The Balaban J connectivity index is 2.21. The summed E-state index contributed by atoms with van der Waals surface area (Å²) < 4.78 is 5.49. The molecule has 1 heterocycles. The van der Waals surface area contributed by atoms with Gasteiger partial charge in [-0.05, 0) is 18.3 Å². The van der Waals surface area contributed by atoms with E-state index in [4.69, 9.17) is 4.52 Å². The zero-order valence-corrected chi connectivity index (χ0v) is 16.1. The van der Waals surface area contributed by atoms with Gasteiger partial charge in [-0.1, -0.05) is 76.0 Å². The molecule has 0 bridgehead atoms. The van der Waals surface area contributed by atoms with Crippen LogP contribution in [0.2, 0.25) is 0 Å². The highest BCUT2D eigenvalue weighted by atomic mass is 16.5. The molecule has 5 nitrogen and oxygen atoms in total. The predicted octanol–water partition coefficient (Wildman–Crippen LogP) is 4.68. The van der Waals surface area contributed by atoms with Gasteiger partial charge in [0, 0.05) is 12.0 Å². The molecule has 25 heavy (non-hydrogen) atoms. The smallest absolute Gasteiger partial charge is 0.249 e. The van der Waals surface area contributed by atoms with Crippen LogP contribution in [-0.4, -0.2) is 16.0 Å². The lowest BCUT2D eigenvalue weighted by molar-refractivity contribution is -0.124. The van der Waals surface area contributed by atoms with E-state index in [1.807, 2.05) is 52.0 Å². The lowest BCUT2D eigenvalue weighted by atomic mass is 9.91. The monoisotopic (exact) mass is 343 g/mol. The van der Waals surface area contributed by atoms with E-state index in [0.717, 1.165) is 12.0 Å². The number of carbonyl (C=O) groups excluding carboxylic acids is 1. The van der Waals surface area contributed by atoms with Crippen LogP contribution in [0.5, 0.6) is 0 Å². The normalized spacial score (nSPS) is 14.2. The third kappa shape index (κ3) is 5.41. The van der Waals surface area contributed by atoms with Crippen LogP contribution < -0.4 is 5.32 Å². The second kappa shape index (κ2) is 7.81. The summed E-state index contributed by atoms with van der Waals surface area (Å²) >= 11 is 0. The number of aromatic nitrogens is 2. The van der Waals surface area contributed by atoms with E-state index in [-0.39, 0.29) is 23.3 Å². The molecule has 0 radical (unpaired) electrons. The van der Waals surface area contributed by atoms with E-state index >= 15 is 0 Å². The van der Waals surface area contributed by atoms with E-state index in [9.17, 15) is 4.79 Å². The van der Waals surface area contributed by atoms with E-state index in [0.29, 0.717) is 18.1 Å². The second-order valence-electron chi connectivity index (χ2n) is 7.99. The van der Waals surface area contributed by atoms with Gasteiger partial charge in [0.25, 0.3) is 0 Å². The Kier molecular flexibility index (Phi) is 5.98. The van der Waals surface area contributed by atoms with E-state index in [1.54, 1.807) is 0 Å². The van der Waals surface area contributed by atoms with Gasteiger partial charge >= 0.3 is 0 Å². The number of amides is 1. The molecule has 0 spiro atoms. The molecule has 0 saturated carbocycles. The van der Waals surface area contributed by atoms with E-state index < -0.39 is 0 Å². The first kappa shape index (κ1) is 19.2. The Morgan fingerprint density at radius 3 is 2.44 bits per heavy atom. The number of nitrogens with zero attached hydrogens (tertiary/aromatic N) is 2. The van der Waals surface area contributed by atoms with Crippen LogP contribution in [0, 0.1) is 18.3 Å². The first-order valence-electron chi connectivity index (χ1n) is 8.89. The quantitative estimate of drug-likeness (QED) is 0.826. The molecule has 0 fully saturated rings. The molecule has 1 aromatic carbocycles. The zero-order chi connectivity index (χ0) is 18.6. The summed E-state index contributed by atoms with van der Waals surface area (Å²) in [7, 11) is 0. The van der Waals surface area contributed by atoms with Crippen LogP contribution in [0.1, 0.15) is 65.0 Å². The number of hydrogen-bond donors (Lipinski definition) is 1. The SMILES string of the molecule is CC[C@H](C)[C@H](NC(=O)CC(C)(C)C)c1nc(-c2ccc(C)cc2)no1. The number of aryl methyl sites for hydroxylation is 1. The highest BCUT2D eigenvalue weighted by Gasteiger charge is 2.27. The number of benzene rings is 1. The summed E-state index contributed by atoms with van der Waals surface area (Å²) in [5.74, 6) is 1.23. The third-order valence-corrected chi connectivity index (χ3v) is 4.24. The van der Waals surface area contributed by atoms with Crippen molar-refractivity contribution in [2.75, 3.05) is 0 Å². The Labute approximate surface area is 150 Å². The lowest BCUT2D eigenvalue weighted by Crippen LogP contribution is -2.34. The van der Waals surface area contributed by atoms with Crippen LogP contribution in [0.25, 0.3) is 11.4 Å². The van der Waals surface area contributed by atoms with Gasteiger partial charge in [0.15, 0.2) is 0 Å². The van der Waals surface area contributed by atoms with E-state index in [2.05, 4.69) is 29.3 Å². The molecule has 1 aromatic heterocycles. The van der Waals surface area contributed by atoms with Crippen molar-refractivity contribution in [3.63, 3.8) is 0 Å². The van der Waals surface area contributed by atoms with Gasteiger partial charge in [0.05, 0.1) is 0 Å². The number of hydrogen-bond acceptors (Lipinski definition) is 4. The minimum atomic E-state index is -0.272. The second-order valence-corrected chi connectivity index (χ2v) is 7.99. The Bertz CT molecular complexity index is 698. The van der Waals surface area contributed by atoms with Crippen molar-refractivity contribution in [2.24, 2.45) is 11.3 Å². The fourth-order valence-corrected chi connectivity index (χ4v) is 2.57. The number of carbonyl (C=O) groups is 1. The first-order valence-corrected chi connectivity index (χ1v) is 8.89. The van der Waals surface area contributed by atoms with Crippen LogP contribution in [0.4, 0.5) is 0 Å². The molecule has 0 unspecified atom stereocenters.